The van der Waals surface area contributed by atoms with Gasteiger partial charge >= 0.3 is 39.5 Å². The van der Waals surface area contributed by atoms with Gasteiger partial charge in [0.2, 0.25) is 0 Å². The predicted octanol–water partition coefficient (Wildman–Crippen LogP) is 20.5. The van der Waals surface area contributed by atoms with Gasteiger partial charge in [-0.3, -0.25) is 37.3 Å². The van der Waals surface area contributed by atoms with Gasteiger partial charge in [-0.15, -0.1) is 0 Å². The van der Waals surface area contributed by atoms with Crippen molar-refractivity contribution >= 4 is 39.5 Å². The van der Waals surface area contributed by atoms with Crippen LogP contribution < -0.4 is 0 Å². The van der Waals surface area contributed by atoms with Crippen molar-refractivity contribution in [1.29, 1.82) is 0 Å². The zero-order valence-electron chi connectivity index (χ0n) is 59.5. The first kappa shape index (κ1) is 91.2. The lowest BCUT2D eigenvalue weighted by molar-refractivity contribution is -0.161. The molecule has 0 heterocycles. The highest BCUT2D eigenvalue weighted by molar-refractivity contribution is 7.47. The molecular weight excluding hydrogens is 1260 g/mol. The van der Waals surface area contributed by atoms with E-state index in [-0.39, 0.29) is 25.7 Å². The number of hydrogen-bond donors (Lipinski definition) is 3. The summed E-state index contributed by atoms with van der Waals surface area (Å²) in [6.07, 6.45) is 75.0. The maximum atomic E-state index is 13.0. The third-order valence-electron chi connectivity index (χ3n) is 14.6. The smallest absolute Gasteiger partial charge is 0.462 e. The summed E-state index contributed by atoms with van der Waals surface area (Å²) in [4.78, 5) is 72.6. The molecule has 96 heavy (non-hydrogen) atoms. The molecule has 3 N–H and O–H groups in total. The van der Waals surface area contributed by atoms with Gasteiger partial charge in [-0.2, -0.15) is 0 Å². The highest BCUT2D eigenvalue weighted by Gasteiger charge is 2.30. The molecular formula is C77H128O17P2. The molecule has 0 aliphatic heterocycles. The molecule has 5 unspecified atom stereocenters. The molecule has 0 fully saturated rings. The van der Waals surface area contributed by atoms with Crippen molar-refractivity contribution in [3.8, 4) is 0 Å². The molecule has 0 aliphatic rings. The van der Waals surface area contributed by atoms with Crippen molar-refractivity contribution in [3.05, 3.63) is 134 Å². The Morgan fingerprint density at radius 3 is 1.00 bits per heavy atom. The number of esters is 4. The SMILES string of the molecule is CC/C=C\C/C=C\C/C=C\C/C=C\C/C=C\CCCC(=O)OCC(COP(=O)(O)OCC(O)COP(=O)(O)OCC(COC(=O)C/C=C\C/C=C\C/C=C\C/C=C\C/C=C\CC)OC(=O)CCCCCCCCCCCCCCC)OC(=O)CCCCCCC/C=C\CCCC. The van der Waals surface area contributed by atoms with E-state index in [4.69, 9.17) is 37.0 Å². The van der Waals surface area contributed by atoms with Crippen LogP contribution in [0.5, 0.6) is 0 Å². The number of ether oxygens (including phenoxy) is 4. The number of carbonyl (C=O) groups is 4. The number of aliphatic hydroxyl groups is 1. The quantitative estimate of drug-likeness (QED) is 0.0169. The Morgan fingerprint density at radius 1 is 0.312 bits per heavy atom. The minimum Gasteiger partial charge on any atom is -0.462 e. The lowest BCUT2D eigenvalue weighted by Crippen LogP contribution is -2.30. The van der Waals surface area contributed by atoms with Gasteiger partial charge in [-0.25, -0.2) is 9.13 Å². The van der Waals surface area contributed by atoms with E-state index in [2.05, 4.69) is 125 Å². The Kier molecular flexibility index (Phi) is 65.3. The van der Waals surface area contributed by atoms with Crippen LogP contribution in [0.2, 0.25) is 0 Å². The average Bonchev–Trinajstić information content (AvgIpc) is 1.13. The molecule has 548 valence electrons. The van der Waals surface area contributed by atoms with Gasteiger partial charge in [0.25, 0.3) is 0 Å². The monoisotopic (exact) mass is 1390 g/mol. The molecule has 0 aliphatic carbocycles. The number of phosphoric ester groups is 2. The summed E-state index contributed by atoms with van der Waals surface area (Å²) in [6.45, 7) is 4.39. The van der Waals surface area contributed by atoms with Crippen molar-refractivity contribution in [2.24, 2.45) is 0 Å². The molecule has 0 radical (unpaired) electrons. The first-order chi connectivity index (χ1) is 46.7. The molecule has 0 aromatic rings. The summed E-state index contributed by atoms with van der Waals surface area (Å²) in [6, 6.07) is 0. The van der Waals surface area contributed by atoms with Gasteiger partial charge in [0.1, 0.15) is 19.3 Å². The van der Waals surface area contributed by atoms with Crippen molar-refractivity contribution in [3.63, 3.8) is 0 Å². The second-order valence-electron chi connectivity index (χ2n) is 23.8. The van der Waals surface area contributed by atoms with Crippen LogP contribution in [0.1, 0.15) is 272 Å². The van der Waals surface area contributed by atoms with Crippen LogP contribution in [0.4, 0.5) is 0 Å². The third kappa shape index (κ3) is 67.8. The van der Waals surface area contributed by atoms with Crippen molar-refractivity contribution in [2.75, 3.05) is 39.6 Å². The zero-order chi connectivity index (χ0) is 70.4. The molecule has 17 nitrogen and oxygen atoms in total. The van der Waals surface area contributed by atoms with E-state index < -0.39 is 97.5 Å². The molecule has 0 spiro atoms. The van der Waals surface area contributed by atoms with Gasteiger partial charge in [0.05, 0.1) is 32.8 Å². The summed E-state index contributed by atoms with van der Waals surface area (Å²) in [5, 5.41) is 10.6. The minimum atomic E-state index is -4.99. The van der Waals surface area contributed by atoms with E-state index >= 15 is 0 Å². The Balaban J connectivity index is 5.43. The fraction of sp³-hybridized carbons (Fsp3) is 0.662. The van der Waals surface area contributed by atoms with Gasteiger partial charge in [0.15, 0.2) is 12.2 Å². The van der Waals surface area contributed by atoms with Crippen LogP contribution in [-0.2, 0) is 65.4 Å². The maximum Gasteiger partial charge on any atom is 0.472 e. The fourth-order valence-corrected chi connectivity index (χ4v) is 10.7. The maximum absolute atomic E-state index is 13.0. The standard InChI is InChI=1S/C77H128O17P2/c1-5-9-13-17-21-25-29-32-34-35-37-40-43-46-50-54-58-62-75(80)87-67-72(93-76(81)63-59-55-51-47-41-28-24-20-16-12-8-4)69-91-95(83,84)89-65-71(78)66-90-96(85,86)92-70-73(94-77(82)64-60-56-52-48-44-38-31-27-23-19-15-11-7-3)68-88-74(79)61-57-53-49-45-42-39-36-33-30-26-22-18-14-10-6-2/h9-10,13-14,20-22,24-26,32-34,36-37,40,42,45-46,50,53,57,71-73,78H,5-8,11-12,15-19,23,27-31,35,38-39,41,43-44,47-49,51-52,54-56,58-70H2,1-4H3,(H,83,84)(H,85,86)/b13-9-,14-10-,24-20-,25-21-,26-22-,34-32-,36-33-,40-37-,45-42-,50-46-,57-53-. The van der Waals surface area contributed by atoms with E-state index in [1.807, 2.05) is 30.4 Å². The van der Waals surface area contributed by atoms with E-state index in [0.717, 1.165) is 122 Å². The summed E-state index contributed by atoms with van der Waals surface area (Å²) < 4.78 is 68.1. The Hall–Kier alpha value is -4.80. The molecule has 0 amide bonds. The van der Waals surface area contributed by atoms with Crippen molar-refractivity contribution in [2.45, 2.75) is 290 Å². The lowest BCUT2D eigenvalue weighted by Gasteiger charge is -2.21. The minimum absolute atomic E-state index is 0.0672. The number of phosphoric acid groups is 2. The number of unbranched alkanes of at least 4 members (excludes halogenated alkanes) is 20. The van der Waals surface area contributed by atoms with Crippen LogP contribution >= 0.6 is 15.6 Å². The van der Waals surface area contributed by atoms with E-state index in [1.54, 1.807) is 6.08 Å². The predicted molar refractivity (Wildman–Crippen MR) is 390 cm³/mol. The van der Waals surface area contributed by atoms with Gasteiger partial charge in [-0.1, -0.05) is 271 Å². The summed E-state index contributed by atoms with van der Waals surface area (Å²) in [7, 11) is -9.99. The molecule has 0 bridgehead atoms. The zero-order valence-corrected chi connectivity index (χ0v) is 61.3. The van der Waals surface area contributed by atoms with Crippen LogP contribution in [-0.4, -0.2) is 96.7 Å². The molecule has 0 aromatic carbocycles. The van der Waals surface area contributed by atoms with E-state index in [9.17, 15) is 43.2 Å². The summed E-state index contributed by atoms with van der Waals surface area (Å²) in [5.41, 5.74) is 0. The number of allylic oxidation sites excluding steroid dienone is 21. The topological polar surface area (TPSA) is 237 Å². The van der Waals surface area contributed by atoms with Gasteiger partial charge in [-0.05, 0) is 109 Å². The largest absolute Gasteiger partial charge is 0.472 e. The number of aliphatic hydroxyl groups excluding tert-OH is 1. The van der Waals surface area contributed by atoms with Gasteiger partial charge < -0.3 is 33.8 Å². The third-order valence-corrected chi connectivity index (χ3v) is 16.5. The molecule has 5 atom stereocenters. The van der Waals surface area contributed by atoms with Crippen LogP contribution in [0, 0.1) is 0 Å². The second-order valence-corrected chi connectivity index (χ2v) is 26.7. The highest BCUT2D eigenvalue weighted by Crippen LogP contribution is 2.45. The fourth-order valence-electron chi connectivity index (χ4n) is 9.13. The Labute approximate surface area is 580 Å². The molecule has 0 saturated carbocycles. The Morgan fingerprint density at radius 2 is 0.604 bits per heavy atom. The lowest BCUT2D eigenvalue weighted by atomic mass is 10.0. The molecule has 19 heteroatoms. The summed E-state index contributed by atoms with van der Waals surface area (Å²) in [5.74, 6) is -2.40. The first-order valence-electron chi connectivity index (χ1n) is 36.4. The number of carbonyl (C=O) groups excluding carboxylic acids is 4. The molecule has 0 saturated heterocycles. The van der Waals surface area contributed by atoms with E-state index in [1.165, 1.54) is 64.2 Å². The summed E-state index contributed by atoms with van der Waals surface area (Å²) >= 11 is 0. The first-order valence-corrected chi connectivity index (χ1v) is 39.4. The molecule has 0 rings (SSSR count). The average molecular weight is 1390 g/mol. The highest BCUT2D eigenvalue weighted by atomic mass is 31.2. The van der Waals surface area contributed by atoms with Gasteiger partial charge in [0, 0.05) is 19.3 Å². The molecule has 0 aromatic heterocycles. The number of hydrogen-bond acceptors (Lipinski definition) is 15. The Bertz CT molecular complexity index is 2350. The normalized spacial score (nSPS) is 14.8. The second kappa shape index (κ2) is 68.7. The van der Waals surface area contributed by atoms with Crippen LogP contribution in [0.3, 0.4) is 0 Å². The van der Waals surface area contributed by atoms with Crippen molar-refractivity contribution in [1.82, 2.24) is 0 Å². The van der Waals surface area contributed by atoms with Crippen LogP contribution in [0.15, 0.2) is 134 Å². The van der Waals surface area contributed by atoms with E-state index in [0.29, 0.717) is 32.1 Å². The number of rotatable bonds is 67. The van der Waals surface area contributed by atoms with Crippen molar-refractivity contribution < 1.29 is 80.2 Å². The van der Waals surface area contributed by atoms with Crippen LogP contribution in [0.25, 0.3) is 0 Å².